The van der Waals surface area contributed by atoms with Gasteiger partial charge < -0.3 is 4.74 Å². The molecule has 0 saturated carbocycles. The zero-order valence-electron chi connectivity index (χ0n) is 9.05. The summed E-state index contributed by atoms with van der Waals surface area (Å²) in [5, 5.41) is 0. The molecule has 0 atom stereocenters. The summed E-state index contributed by atoms with van der Waals surface area (Å²) in [6.45, 7) is 2.21. The number of benzene rings is 1. The molecule has 0 amide bonds. The summed E-state index contributed by atoms with van der Waals surface area (Å²) in [5.74, 6) is 0.362. The molecule has 0 heterocycles. The van der Waals surface area contributed by atoms with Gasteiger partial charge in [-0.2, -0.15) is 0 Å². The summed E-state index contributed by atoms with van der Waals surface area (Å²) < 4.78 is 28.2. The van der Waals surface area contributed by atoms with Crippen molar-refractivity contribution in [2.24, 2.45) is 0 Å². The fourth-order valence-corrected chi connectivity index (χ4v) is 2.73. The van der Waals surface area contributed by atoms with Gasteiger partial charge in [-0.15, -0.1) is 0 Å². The van der Waals surface area contributed by atoms with Crippen LogP contribution in [0.2, 0.25) is 0 Å². The van der Waals surface area contributed by atoms with Gasteiger partial charge in [0.05, 0.1) is 10.6 Å². The number of ether oxygens (including phenoxy) is 1. The molecule has 1 aromatic carbocycles. The first-order valence-corrected chi connectivity index (χ1v) is 6.68. The average molecular weight is 242 g/mol. The number of carbonyl (C=O) groups is 1. The third-order valence-corrected chi connectivity index (χ3v) is 3.91. The highest BCUT2D eigenvalue weighted by Crippen LogP contribution is 2.18. The minimum absolute atomic E-state index is 0.119. The summed E-state index contributed by atoms with van der Waals surface area (Å²) in [7, 11) is -3.26. The second-order valence-electron chi connectivity index (χ2n) is 3.36. The molecule has 0 fully saturated rings. The molecule has 5 heteroatoms. The molecule has 0 unspecified atom stereocenters. The Hall–Kier alpha value is -1.36. The van der Waals surface area contributed by atoms with E-state index in [1.54, 1.807) is 6.07 Å². The summed E-state index contributed by atoms with van der Waals surface area (Å²) in [6, 6.07) is 5.95. The number of rotatable bonds is 6. The molecule has 0 N–H and O–H groups in total. The van der Waals surface area contributed by atoms with E-state index in [4.69, 9.17) is 0 Å². The Labute approximate surface area is 95.2 Å². The molecule has 16 heavy (non-hydrogen) atoms. The van der Waals surface area contributed by atoms with Crippen LogP contribution in [0.4, 0.5) is 0 Å². The van der Waals surface area contributed by atoms with Crippen molar-refractivity contribution in [1.82, 2.24) is 0 Å². The Bertz CT molecular complexity index is 451. The van der Waals surface area contributed by atoms with Gasteiger partial charge in [0.15, 0.2) is 9.84 Å². The van der Waals surface area contributed by atoms with Crippen LogP contribution in [0.25, 0.3) is 0 Å². The number of unbranched alkanes of at least 4 members (excludes halogenated alkanes) is 1. The number of sulfone groups is 1. The van der Waals surface area contributed by atoms with Crippen LogP contribution in [-0.4, -0.2) is 20.6 Å². The van der Waals surface area contributed by atoms with E-state index in [2.05, 4.69) is 4.74 Å². The third-order valence-electron chi connectivity index (χ3n) is 2.12. The first-order valence-electron chi connectivity index (χ1n) is 5.03. The van der Waals surface area contributed by atoms with Crippen LogP contribution in [0.15, 0.2) is 29.2 Å². The summed E-state index contributed by atoms with van der Waals surface area (Å²) in [4.78, 5) is 10.3. The number of carbonyl (C=O) groups excluding carboxylic acids is 1. The zero-order valence-corrected chi connectivity index (χ0v) is 9.87. The Morgan fingerprint density at radius 1 is 1.38 bits per heavy atom. The Morgan fingerprint density at radius 2 is 2.12 bits per heavy atom. The van der Waals surface area contributed by atoms with Crippen molar-refractivity contribution in [2.75, 3.05) is 5.75 Å². The maximum Gasteiger partial charge on any atom is 0.298 e. The number of hydrogen-bond acceptors (Lipinski definition) is 4. The van der Waals surface area contributed by atoms with E-state index in [-0.39, 0.29) is 22.9 Å². The first kappa shape index (κ1) is 12.7. The second kappa shape index (κ2) is 5.65. The molecule has 0 aliphatic heterocycles. The quantitative estimate of drug-likeness (QED) is 0.714. The van der Waals surface area contributed by atoms with Crippen molar-refractivity contribution in [2.45, 2.75) is 24.7 Å². The predicted molar refractivity (Wildman–Crippen MR) is 60.1 cm³/mol. The van der Waals surface area contributed by atoms with E-state index >= 15 is 0 Å². The second-order valence-corrected chi connectivity index (χ2v) is 5.47. The normalized spacial score (nSPS) is 11.1. The van der Waals surface area contributed by atoms with Crippen molar-refractivity contribution in [3.63, 3.8) is 0 Å². The highest BCUT2D eigenvalue weighted by molar-refractivity contribution is 7.91. The average Bonchev–Trinajstić information content (AvgIpc) is 2.27. The Morgan fingerprint density at radius 3 is 2.75 bits per heavy atom. The predicted octanol–water partition coefficient (Wildman–Crippen LogP) is 1.80. The standard InChI is InChI=1S/C11H14O4S/c1-2-3-7-16(13,14)11-6-4-5-10(8-11)15-9-12/h4-6,8-9H,2-3,7H2,1H3. The van der Waals surface area contributed by atoms with E-state index in [1.165, 1.54) is 18.2 Å². The first-order chi connectivity index (χ1) is 7.60. The van der Waals surface area contributed by atoms with Crippen LogP contribution < -0.4 is 4.74 Å². The van der Waals surface area contributed by atoms with Crippen LogP contribution in [0.3, 0.4) is 0 Å². The van der Waals surface area contributed by atoms with Crippen molar-refractivity contribution in [1.29, 1.82) is 0 Å². The van der Waals surface area contributed by atoms with E-state index in [0.29, 0.717) is 6.42 Å². The molecule has 0 aliphatic rings. The monoisotopic (exact) mass is 242 g/mol. The minimum atomic E-state index is -3.26. The molecule has 0 aromatic heterocycles. The van der Waals surface area contributed by atoms with E-state index < -0.39 is 9.84 Å². The smallest absolute Gasteiger partial charge is 0.298 e. The van der Waals surface area contributed by atoms with Gasteiger partial charge in [-0.1, -0.05) is 19.4 Å². The number of hydrogen-bond donors (Lipinski definition) is 0. The maximum absolute atomic E-state index is 11.8. The molecule has 0 radical (unpaired) electrons. The van der Waals surface area contributed by atoms with Crippen molar-refractivity contribution >= 4 is 16.3 Å². The molecule has 1 aromatic rings. The fraction of sp³-hybridized carbons (Fsp3) is 0.364. The van der Waals surface area contributed by atoms with Crippen LogP contribution >= 0.6 is 0 Å². The Kier molecular flexibility index (Phi) is 4.49. The minimum Gasteiger partial charge on any atom is -0.429 e. The Balaban J connectivity index is 2.94. The van der Waals surface area contributed by atoms with Gasteiger partial charge in [-0.3, -0.25) is 4.79 Å². The van der Waals surface area contributed by atoms with Crippen LogP contribution in [0.1, 0.15) is 19.8 Å². The van der Waals surface area contributed by atoms with E-state index in [1.807, 2.05) is 6.92 Å². The molecule has 0 saturated heterocycles. The molecule has 0 spiro atoms. The lowest BCUT2D eigenvalue weighted by Crippen LogP contribution is -2.06. The highest BCUT2D eigenvalue weighted by Gasteiger charge is 2.14. The van der Waals surface area contributed by atoms with Gasteiger partial charge >= 0.3 is 0 Å². The zero-order chi connectivity index (χ0) is 12.0. The van der Waals surface area contributed by atoms with Gasteiger partial charge in [0.1, 0.15) is 5.75 Å². The van der Waals surface area contributed by atoms with Crippen molar-refractivity contribution < 1.29 is 17.9 Å². The van der Waals surface area contributed by atoms with E-state index in [0.717, 1.165) is 6.42 Å². The molecule has 88 valence electrons. The van der Waals surface area contributed by atoms with Crippen LogP contribution in [0, 0.1) is 0 Å². The van der Waals surface area contributed by atoms with Gasteiger partial charge in [-0.05, 0) is 24.6 Å². The van der Waals surface area contributed by atoms with Gasteiger partial charge in [-0.25, -0.2) is 8.42 Å². The maximum atomic E-state index is 11.8. The third kappa shape index (κ3) is 3.34. The molecule has 0 bridgehead atoms. The fourth-order valence-electron chi connectivity index (χ4n) is 1.25. The summed E-state index contributed by atoms with van der Waals surface area (Å²) >= 11 is 0. The SMILES string of the molecule is CCCCS(=O)(=O)c1cccc(OC=O)c1. The summed E-state index contributed by atoms with van der Waals surface area (Å²) in [5.41, 5.74) is 0. The lowest BCUT2D eigenvalue weighted by molar-refractivity contribution is -0.120. The molecular formula is C11H14O4S. The van der Waals surface area contributed by atoms with Crippen LogP contribution in [-0.2, 0) is 14.6 Å². The van der Waals surface area contributed by atoms with E-state index in [9.17, 15) is 13.2 Å². The van der Waals surface area contributed by atoms with Gasteiger partial charge in [0.2, 0.25) is 0 Å². The van der Waals surface area contributed by atoms with Gasteiger partial charge in [0, 0.05) is 0 Å². The summed E-state index contributed by atoms with van der Waals surface area (Å²) in [6.07, 6.45) is 1.45. The van der Waals surface area contributed by atoms with Gasteiger partial charge in [0.25, 0.3) is 6.47 Å². The lowest BCUT2D eigenvalue weighted by Gasteiger charge is -2.04. The molecule has 0 aliphatic carbocycles. The largest absolute Gasteiger partial charge is 0.429 e. The molecule has 1 rings (SSSR count). The molecule has 4 nitrogen and oxygen atoms in total. The highest BCUT2D eigenvalue weighted by atomic mass is 32.2. The van der Waals surface area contributed by atoms with Crippen molar-refractivity contribution in [3.8, 4) is 5.75 Å². The van der Waals surface area contributed by atoms with Crippen molar-refractivity contribution in [3.05, 3.63) is 24.3 Å². The lowest BCUT2D eigenvalue weighted by atomic mass is 10.3. The van der Waals surface area contributed by atoms with Crippen LogP contribution in [0.5, 0.6) is 5.75 Å². The molecular weight excluding hydrogens is 228 g/mol. The topological polar surface area (TPSA) is 60.4 Å².